The standard InChI is InChI=1S/C15H21NO/c1-17-15(14-9-5-6-12-16-14)11-10-13-7-3-2-4-8-13/h2-4,7-8,10-11,14-16H,5-6,9,12H2,1H3. The lowest BCUT2D eigenvalue weighted by Crippen LogP contribution is -2.43. The number of methoxy groups -OCH3 is 1. The fourth-order valence-electron chi connectivity index (χ4n) is 2.31. The molecule has 17 heavy (non-hydrogen) atoms. The lowest BCUT2D eigenvalue weighted by molar-refractivity contribution is 0.0954. The Morgan fingerprint density at radius 3 is 2.76 bits per heavy atom. The van der Waals surface area contributed by atoms with E-state index >= 15 is 0 Å². The van der Waals surface area contributed by atoms with E-state index in [4.69, 9.17) is 4.74 Å². The summed E-state index contributed by atoms with van der Waals surface area (Å²) in [5.41, 5.74) is 1.23. The number of nitrogens with one attached hydrogen (secondary N) is 1. The maximum atomic E-state index is 5.56. The topological polar surface area (TPSA) is 21.3 Å². The third-order valence-electron chi connectivity index (χ3n) is 3.30. The SMILES string of the molecule is COC(C=Cc1ccccc1)C1CCCCN1. The third-order valence-corrected chi connectivity index (χ3v) is 3.30. The molecule has 0 spiro atoms. The second-order valence-electron chi connectivity index (χ2n) is 4.53. The molecule has 1 aliphatic heterocycles. The van der Waals surface area contributed by atoms with Crippen molar-refractivity contribution in [2.24, 2.45) is 0 Å². The first-order valence-electron chi connectivity index (χ1n) is 6.39. The van der Waals surface area contributed by atoms with Crippen molar-refractivity contribution in [1.82, 2.24) is 5.32 Å². The van der Waals surface area contributed by atoms with Crippen LogP contribution in [0.1, 0.15) is 24.8 Å². The normalized spacial score (nSPS) is 22.8. The number of ether oxygens (including phenoxy) is 1. The maximum Gasteiger partial charge on any atom is 0.0908 e. The average Bonchev–Trinajstić information content (AvgIpc) is 2.42. The van der Waals surface area contributed by atoms with Crippen LogP contribution in [0.4, 0.5) is 0 Å². The minimum Gasteiger partial charge on any atom is -0.376 e. The van der Waals surface area contributed by atoms with Gasteiger partial charge in [0.05, 0.1) is 6.10 Å². The lowest BCUT2D eigenvalue weighted by Gasteiger charge is -2.28. The maximum absolute atomic E-state index is 5.56. The van der Waals surface area contributed by atoms with Crippen LogP contribution in [0, 0.1) is 0 Å². The van der Waals surface area contributed by atoms with Gasteiger partial charge in [-0.1, -0.05) is 48.9 Å². The Balaban J connectivity index is 1.96. The van der Waals surface area contributed by atoms with E-state index in [0.717, 1.165) is 6.54 Å². The third kappa shape index (κ3) is 3.69. The fraction of sp³-hybridized carbons (Fsp3) is 0.467. The predicted molar refractivity (Wildman–Crippen MR) is 71.9 cm³/mol. The second kappa shape index (κ2) is 6.58. The van der Waals surface area contributed by atoms with E-state index in [1.807, 2.05) is 6.07 Å². The van der Waals surface area contributed by atoms with Crippen LogP contribution >= 0.6 is 0 Å². The molecule has 2 rings (SSSR count). The number of rotatable bonds is 4. The highest BCUT2D eigenvalue weighted by Gasteiger charge is 2.20. The van der Waals surface area contributed by atoms with Crippen molar-refractivity contribution in [3.8, 4) is 0 Å². The van der Waals surface area contributed by atoms with Crippen LogP contribution in [0.15, 0.2) is 36.4 Å². The highest BCUT2D eigenvalue weighted by atomic mass is 16.5. The van der Waals surface area contributed by atoms with Crippen molar-refractivity contribution in [3.05, 3.63) is 42.0 Å². The van der Waals surface area contributed by atoms with Crippen molar-refractivity contribution in [1.29, 1.82) is 0 Å². The van der Waals surface area contributed by atoms with E-state index in [1.165, 1.54) is 24.8 Å². The molecule has 1 aliphatic rings. The molecule has 1 saturated heterocycles. The first kappa shape index (κ1) is 12.3. The van der Waals surface area contributed by atoms with Gasteiger partial charge in [-0.25, -0.2) is 0 Å². The average molecular weight is 231 g/mol. The van der Waals surface area contributed by atoms with E-state index in [-0.39, 0.29) is 6.10 Å². The molecule has 1 fully saturated rings. The molecule has 0 amide bonds. The van der Waals surface area contributed by atoms with Crippen molar-refractivity contribution >= 4 is 6.08 Å². The van der Waals surface area contributed by atoms with Gasteiger partial charge in [0.25, 0.3) is 0 Å². The molecule has 2 nitrogen and oxygen atoms in total. The van der Waals surface area contributed by atoms with Crippen LogP contribution < -0.4 is 5.32 Å². The summed E-state index contributed by atoms with van der Waals surface area (Å²) in [4.78, 5) is 0. The Labute approximate surface area is 104 Å². The highest BCUT2D eigenvalue weighted by Crippen LogP contribution is 2.14. The Kier molecular flexibility index (Phi) is 4.77. The molecule has 1 aromatic rings. The van der Waals surface area contributed by atoms with Crippen molar-refractivity contribution in [3.63, 3.8) is 0 Å². The molecule has 2 atom stereocenters. The predicted octanol–water partition coefficient (Wildman–Crippen LogP) is 2.86. The summed E-state index contributed by atoms with van der Waals surface area (Å²) in [6.45, 7) is 1.11. The first-order valence-corrected chi connectivity index (χ1v) is 6.39. The van der Waals surface area contributed by atoms with E-state index in [1.54, 1.807) is 7.11 Å². The summed E-state index contributed by atoms with van der Waals surface area (Å²) in [6, 6.07) is 10.8. The smallest absolute Gasteiger partial charge is 0.0908 e. The largest absolute Gasteiger partial charge is 0.376 e. The van der Waals surface area contributed by atoms with Crippen LogP contribution in [-0.4, -0.2) is 25.8 Å². The van der Waals surface area contributed by atoms with Crippen LogP contribution in [0.2, 0.25) is 0 Å². The number of hydrogen-bond donors (Lipinski definition) is 1. The Morgan fingerprint density at radius 2 is 2.12 bits per heavy atom. The zero-order valence-corrected chi connectivity index (χ0v) is 10.4. The van der Waals surface area contributed by atoms with E-state index in [9.17, 15) is 0 Å². The zero-order chi connectivity index (χ0) is 11.9. The molecular weight excluding hydrogens is 210 g/mol. The summed E-state index contributed by atoms with van der Waals surface area (Å²) in [5.74, 6) is 0. The van der Waals surface area contributed by atoms with Gasteiger partial charge in [-0.15, -0.1) is 0 Å². The Hall–Kier alpha value is -1.12. The molecule has 1 aromatic carbocycles. The van der Waals surface area contributed by atoms with E-state index < -0.39 is 0 Å². The highest BCUT2D eigenvalue weighted by molar-refractivity contribution is 5.49. The molecule has 1 N–H and O–H groups in total. The Bertz CT molecular complexity index is 341. The molecule has 0 aromatic heterocycles. The van der Waals surface area contributed by atoms with Gasteiger partial charge in [-0.3, -0.25) is 0 Å². The van der Waals surface area contributed by atoms with Gasteiger partial charge in [0.2, 0.25) is 0 Å². The molecule has 0 aliphatic carbocycles. The monoisotopic (exact) mass is 231 g/mol. The molecule has 0 bridgehead atoms. The van der Waals surface area contributed by atoms with Gasteiger partial charge in [0.15, 0.2) is 0 Å². The van der Waals surface area contributed by atoms with Gasteiger partial charge in [-0.2, -0.15) is 0 Å². The van der Waals surface area contributed by atoms with Crippen LogP contribution in [0.5, 0.6) is 0 Å². The summed E-state index contributed by atoms with van der Waals surface area (Å²) in [7, 11) is 1.79. The molecular formula is C15H21NO. The Morgan fingerprint density at radius 1 is 1.29 bits per heavy atom. The summed E-state index contributed by atoms with van der Waals surface area (Å²) >= 11 is 0. The lowest BCUT2D eigenvalue weighted by atomic mass is 9.99. The zero-order valence-electron chi connectivity index (χ0n) is 10.4. The molecule has 92 valence electrons. The summed E-state index contributed by atoms with van der Waals surface area (Å²) in [5, 5.41) is 3.53. The van der Waals surface area contributed by atoms with Gasteiger partial charge in [-0.05, 0) is 24.9 Å². The summed E-state index contributed by atoms with van der Waals surface area (Å²) in [6.07, 6.45) is 8.28. The van der Waals surface area contributed by atoms with Gasteiger partial charge >= 0.3 is 0 Å². The molecule has 2 heteroatoms. The summed E-state index contributed by atoms with van der Waals surface area (Å²) < 4.78 is 5.56. The molecule has 0 radical (unpaired) electrons. The van der Waals surface area contributed by atoms with Gasteiger partial charge in [0.1, 0.15) is 0 Å². The van der Waals surface area contributed by atoms with Crippen molar-refractivity contribution in [2.45, 2.75) is 31.4 Å². The van der Waals surface area contributed by atoms with E-state index in [0.29, 0.717) is 6.04 Å². The fourth-order valence-corrected chi connectivity index (χ4v) is 2.31. The second-order valence-corrected chi connectivity index (χ2v) is 4.53. The van der Waals surface area contributed by atoms with E-state index in [2.05, 4.69) is 41.7 Å². The number of benzene rings is 1. The van der Waals surface area contributed by atoms with Gasteiger partial charge < -0.3 is 10.1 Å². The molecule has 0 saturated carbocycles. The molecule has 1 heterocycles. The van der Waals surface area contributed by atoms with Crippen molar-refractivity contribution in [2.75, 3.05) is 13.7 Å². The van der Waals surface area contributed by atoms with Crippen LogP contribution in [0.3, 0.4) is 0 Å². The van der Waals surface area contributed by atoms with Crippen molar-refractivity contribution < 1.29 is 4.74 Å². The van der Waals surface area contributed by atoms with Gasteiger partial charge in [0, 0.05) is 13.2 Å². The minimum atomic E-state index is 0.176. The first-order chi connectivity index (χ1) is 8.40. The quantitative estimate of drug-likeness (QED) is 0.860. The molecule has 2 unspecified atom stereocenters. The minimum absolute atomic E-state index is 0.176. The number of piperidine rings is 1. The number of hydrogen-bond acceptors (Lipinski definition) is 2. The van der Waals surface area contributed by atoms with Crippen LogP contribution in [0.25, 0.3) is 6.08 Å². The van der Waals surface area contributed by atoms with Crippen LogP contribution in [-0.2, 0) is 4.74 Å².